The van der Waals surface area contributed by atoms with Gasteiger partial charge in [-0.25, -0.2) is 4.79 Å². The standard InChI is InChI=1S/C18H21N5O2/c1-12-8-17(14(3)25-12)13(2)21-18(24)22-16-9-20-23(11-16)10-15-6-4-5-7-19-15/h4-9,11,13H,10H2,1-3H3,(H2,21,22,24)/t13-/m1/s1. The van der Waals surface area contributed by atoms with Crippen LogP contribution in [0.15, 0.2) is 47.3 Å². The van der Waals surface area contributed by atoms with Crippen molar-refractivity contribution in [2.75, 3.05) is 5.32 Å². The number of carbonyl (C=O) groups is 1. The lowest BCUT2D eigenvalue weighted by atomic mass is 10.1. The average molecular weight is 339 g/mol. The van der Waals surface area contributed by atoms with E-state index in [1.54, 1.807) is 23.3 Å². The van der Waals surface area contributed by atoms with Crippen LogP contribution in [-0.2, 0) is 6.54 Å². The number of amides is 2. The smallest absolute Gasteiger partial charge is 0.319 e. The maximum atomic E-state index is 12.2. The highest BCUT2D eigenvalue weighted by Crippen LogP contribution is 2.21. The van der Waals surface area contributed by atoms with E-state index in [4.69, 9.17) is 4.42 Å². The zero-order valence-corrected chi connectivity index (χ0v) is 14.5. The first kappa shape index (κ1) is 16.8. The normalized spacial score (nSPS) is 12.0. The molecule has 0 saturated heterocycles. The molecule has 0 aromatic carbocycles. The molecule has 2 amide bonds. The Bertz CT molecular complexity index is 853. The molecule has 0 spiro atoms. The predicted molar refractivity (Wildman–Crippen MR) is 94.3 cm³/mol. The van der Waals surface area contributed by atoms with Crippen molar-refractivity contribution in [3.63, 3.8) is 0 Å². The summed E-state index contributed by atoms with van der Waals surface area (Å²) in [5, 5.41) is 9.93. The fourth-order valence-electron chi connectivity index (χ4n) is 2.69. The van der Waals surface area contributed by atoms with Crippen LogP contribution in [0, 0.1) is 13.8 Å². The van der Waals surface area contributed by atoms with Crippen molar-refractivity contribution < 1.29 is 9.21 Å². The fourth-order valence-corrected chi connectivity index (χ4v) is 2.69. The molecule has 1 atom stereocenters. The average Bonchev–Trinajstić information content (AvgIpc) is 3.14. The van der Waals surface area contributed by atoms with Crippen molar-refractivity contribution in [1.29, 1.82) is 0 Å². The van der Waals surface area contributed by atoms with E-state index >= 15 is 0 Å². The van der Waals surface area contributed by atoms with Gasteiger partial charge in [0.1, 0.15) is 11.5 Å². The molecule has 2 N–H and O–H groups in total. The molecule has 3 rings (SSSR count). The quantitative estimate of drug-likeness (QED) is 0.746. The summed E-state index contributed by atoms with van der Waals surface area (Å²) in [6, 6.07) is 7.22. The van der Waals surface area contributed by atoms with Crippen molar-refractivity contribution in [3.8, 4) is 0 Å². The van der Waals surface area contributed by atoms with Gasteiger partial charge in [0.15, 0.2) is 0 Å². The van der Waals surface area contributed by atoms with Gasteiger partial charge in [-0.05, 0) is 39.0 Å². The van der Waals surface area contributed by atoms with Gasteiger partial charge in [0, 0.05) is 18.0 Å². The number of carbonyl (C=O) groups excluding carboxylic acids is 1. The van der Waals surface area contributed by atoms with Crippen LogP contribution in [0.5, 0.6) is 0 Å². The van der Waals surface area contributed by atoms with Crippen molar-refractivity contribution in [2.45, 2.75) is 33.4 Å². The Labute approximate surface area is 146 Å². The second-order valence-electron chi connectivity index (χ2n) is 5.94. The number of anilines is 1. The third-order valence-electron chi connectivity index (χ3n) is 3.83. The van der Waals surface area contributed by atoms with Crippen LogP contribution in [0.4, 0.5) is 10.5 Å². The molecule has 3 heterocycles. The third kappa shape index (κ3) is 4.26. The van der Waals surface area contributed by atoms with Crippen molar-refractivity contribution in [1.82, 2.24) is 20.1 Å². The molecule has 0 aliphatic heterocycles. The molecule has 0 radical (unpaired) electrons. The molecule has 3 aromatic heterocycles. The lowest BCUT2D eigenvalue weighted by Gasteiger charge is -2.13. The van der Waals surface area contributed by atoms with Crippen LogP contribution in [0.25, 0.3) is 0 Å². The largest absolute Gasteiger partial charge is 0.466 e. The summed E-state index contributed by atoms with van der Waals surface area (Å²) in [7, 11) is 0. The van der Waals surface area contributed by atoms with Gasteiger partial charge in [0.25, 0.3) is 0 Å². The molecule has 7 nitrogen and oxygen atoms in total. The molecule has 3 aromatic rings. The number of nitrogens with zero attached hydrogens (tertiary/aromatic N) is 3. The minimum absolute atomic E-state index is 0.152. The van der Waals surface area contributed by atoms with Gasteiger partial charge in [0.2, 0.25) is 0 Å². The van der Waals surface area contributed by atoms with E-state index in [2.05, 4.69) is 20.7 Å². The minimum atomic E-state index is -0.289. The maximum Gasteiger partial charge on any atom is 0.319 e. The molecule has 7 heteroatoms. The van der Waals surface area contributed by atoms with E-state index in [1.165, 1.54) is 0 Å². The number of urea groups is 1. The summed E-state index contributed by atoms with van der Waals surface area (Å²) in [6.07, 6.45) is 5.12. The summed E-state index contributed by atoms with van der Waals surface area (Å²) in [5.74, 6) is 1.64. The van der Waals surface area contributed by atoms with E-state index in [0.29, 0.717) is 12.2 Å². The second-order valence-corrected chi connectivity index (χ2v) is 5.94. The number of rotatable bonds is 5. The molecule has 0 fully saturated rings. The van der Waals surface area contributed by atoms with Crippen LogP contribution in [0.2, 0.25) is 0 Å². The number of nitrogens with one attached hydrogen (secondary N) is 2. The van der Waals surface area contributed by atoms with Crippen LogP contribution in [-0.4, -0.2) is 20.8 Å². The summed E-state index contributed by atoms with van der Waals surface area (Å²) in [5.41, 5.74) is 2.50. The van der Waals surface area contributed by atoms with E-state index in [9.17, 15) is 4.79 Å². The summed E-state index contributed by atoms with van der Waals surface area (Å²) < 4.78 is 7.23. The number of pyridine rings is 1. The Morgan fingerprint density at radius 1 is 1.36 bits per heavy atom. The summed E-state index contributed by atoms with van der Waals surface area (Å²) in [4.78, 5) is 16.4. The Balaban J connectivity index is 1.57. The van der Waals surface area contributed by atoms with Gasteiger partial charge in [-0.15, -0.1) is 0 Å². The first-order valence-corrected chi connectivity index (χ1v) is 8.08. The van der Waals surface area contributed by atoms with Gasteiger partial charge < -0.3 is 15.1 Å². The highest BCUT2D eigenvalue weighted by atomic mass is 16.3. The topological polar surface area (TPSA) is 85.0 Å². The Kier molecular flexibility index (Phi) is 4.83. The van der Waals surface area contributed by atoms with Gasteiger partial charge in [-0.2, -0.15) is 5.10 Å². The number of furan rings is 1. The molecule has 25 heavy (non-hydrogen) atoms. The Morgan fingerprint density at radius 3 is 2.88 bits per heavy atom. The SMILES string of the molecule is Cc1cc([C@@H](C)NC(=O)Nc2cnn(Cc3ccccn3)c2)c(C)o1. The van der Waals surface area contributed by atoms with Gasteiger partial charge >= 0.3 is 6.03 Å². The van der Waals surface area contributed by atoms with Crippen LogP contribution in [0.1, 0.15) is 35.7 Å². The number of aryl methyl sites for hydroxylation is 2. The third-order valence-corrected chi connectivity index (χ3v) is 3.83. The summed E-state index contributed by atoms with van der Waals surface area (Å²) >= 11 is 0. The first-order chi connectivity index (χ1) is 12.0. The monoisotopic (exact) mass is 339 g/mol. The van der Waals surface area contributed by atoms with Gasteiger partial charge in [-0.1, -0.05) is 6.07 Å². The lowest BCUT2D eigenvalue weighted by molar-refractivity contribution is 0.249. The van der Waals surface area contributed by atoms with E-state index < -0.39 is 0 Å². The molecule has 0 saturated carbocycles. The molecular weight excluding hydrogens is 318 g/mol. The molecule has 0 bridgehead atoms. The molecule has 0 aliphatic carbocycles. The zero-order chi connectivity index (χ0) is 17.8. The van der Waals surface area contributed by atoms with Gasteiger partial charge in [-0.3, -0.25) is 9.67 Å². The fraction of sp³-hybridized carbons (Fsp3) is 0.278. The van der Waals surface area contributed by atoms with Crippen molar-refractivity contribution in [3.05, 3.63) is 65.6 Å². The zero-order valence-electron chi connectivity index (χ0n) is 14.5. The van der Waals surface area contributed by atoms with Gasteiger partial charge in [0.05, 0.1) is 30.2 Å². The summed E-state index contributed by atoms with van der Waals surface area (Å²) in [6.45, 7) is 6.24. The highest BCUT2D eigenvalue weighted by Gasteiger charge is 2.15. The molecular formula is C18H21N5O2. The molecule has 0 aliphatic rings. The Hall–Kier alpha value is -3.09. The second kappa shape index (κ2) is 7.21. The first-order valence-electron chi connectivity index (χ1n) is 8.08. The molecule has 130 valence electrons. The highest BCUT2D eigenvalue weighted by molar-refractivity contribution is 5.89. The Morgan fingerprint density at radius 2 is 2.20 bits per heavy atom. The maximum absolute atomic E-state index is 12.2. The van der Waals surface area contributed by atoms with Crippen LogP contribution < -0.4 is 10.6 Å². The number of hydrogen-bond acceptors (Lipinski definition) is 4. The van der Waals surface area contributed by atoms with Crippen molar-refractivity contribution in [2.24, 2.45) is 0 Å². The lowest BCUT2D eigenvalue weighted by Crippen LogP contribution is -2.31. The van der Waals surface area contributed by atoms with Crippen LogP contribution >= 0.6 is 0 Å². The van der Waals surface area contributed by atoms with E-state index in [1.807, 2.05) is 45.0 Å². The van der Waals surface area contributed by atoms with E-state index in [-0.39, 0.29) is 12.1 Å². The van der Waals surface area contributed by atoms with E-state index in [0.717, 1.165) is 22.8 Å². The van der Waals surface area contributed by atoms with Crippen molar-refractivity contribution >= 4 is 11.7 Å². The molecule has 0 unspecified atom stereocenters. The minimum Gasteiger partial charge on any atom is -0.466 e. The predicted octanol–water partition coefficient (Wildman–Crippen LogP) is 3.42. The number of hydrogen-bond donors (Lipinski definition) is 2. The van der Waals surface area contributed by atoms with Crippen LogP contribution in [0.3, 0.4) is 0 Å². The number of aromatic nitrogens is 3.